The monoisotopic (exact) mass is 854 g/mol. The molecule has 328 valence electrons. The van der Waals surface area contributed by atoms with Crippen molar-refractivity contribution in [1.29, 1.82) is 0 Å². The summed E-state index contributed by atoms with van der Waals surface area (Å²) in [6, 6.07) is 31.8. The summed E-state index contributed by atoms with van der Waals surface area (Å²) in [6.45, 7) is 7.97. The van der Waals surface area contributed by atoms with E-state index in [1.807, 2.05) is 0 Å². The summed E-state index contributed by atoms with van der Waals surface area (Å²) in [5.74, 6) is -0.825. The van der Waals surface area contributed by atoms with Crippen LogP contribution in [-0.4, -0.2) is 49.3 Å². The van der Waals surface area contributed by atoms with E-state index in [1.54, 1.807) is 127 Å². The van der Waals surface area contributed by atoms with Gasteiger partial charge in [-0.1, -0.05) is 52.0 Å². The van der Waals surface area contributed by atoms with Gasteiger partial charge in [0.25, 0.3) is 0 Å². The van der Waals surface area contributed by atoms with Crippen LogP contribution in [0.4, 0.5) is 11.4 Å². The van der Waals surface area contributed by atoms with E-state index < -0.39 is 29.8 Å². The lowest BCUT2D eigenvalue weighted by Gasteiger charge is -2.18. The molecule has 0 spiro atoms. The molecule has 0 fully saturated rings. The number of ether oxygens (including phenoxy) is 6. The number of carbonyl (C=O) groups excluding carboxylic acids is 4. The molecule has 4 N–H and O–H groups in total. The zero-order valence-corrected chi connectivity index (χ0v) is 36.0. The van der Waals surface area contributed by atoms with Crippen LogP contribution in [0, 0.1) is 0 Å². The zero-order chi connectivity index (χ0) is 45.1. The molecule has 12 heteroatoms. The van der Waals surface area contributed by atoms with Crippen LogP contribution >= 0.6 is 0 Å². The van der Waals surface area contributed by atoms with Gasteiger partial charge in [-0.15, -0.1) is 0 Å². The molecule has 12 nitrogen and oxygen atoms in total. The highest BCUT2D eigenvalue weighted by molar-refractivity contribution is 5.92. The van der Waals surface area contributed by atoms with Gasteiger partial charge in [0, 0.05) is 23.5 Å². The second-order valence-corrected chi connectivity index (χ2v) is 14.6. The Balaban J connectivity index is 1.10. The maximum atomic E-state index is 12.8. The van der Waals surface area contributed by atoms with Crippen LogP contribution in [0.3, 0.4) is 0 Å². The fourth-order valence-electron chi connectivity index (χ4n) is 6.23. The molecule has 0 atom stereocenters. The van der Waals surface area contributed by atoms with Crippen LogP contribution in [0.2, 0.25) is 0 Å². The Hall–Kier alpha value is -7.34. The van der Waals surface area contributed by atoms with E-state index in [0.717, 1.165) is 25.7 Å². The fourth-order valence-corrected chi connectivity index (χ4v) is 6.23. The molecular formula is C51H54N2O10. The number of esters is 4. The molecule has 0 aliphatic heterocycles. The molecule has 5 rings (SSSR count). The van der Waals surface area contributed by atoms with E-state index in [0.29, 0.717) is 62.2 Å². The Morgan fingerprint density at radius 2 is 0.841 bits per heavy atom. The number of anilines is 2. The molecule has 0 heterocycles. The highest BCUT2D eigenvalue weighted by Crippen LogP contribution is 2.25. The number of nitrogen functional groups attached to an aromatic ring is 2. The van der Waals surface area contributed by atoms with Gasteiger partial charge < -0.3 is 39.9 Å². The summed E-state index contributed by atoms with van der Waals surface area (Å²) in [5, 5.41) is 0. The lowest BCUT2D eigenvalue weighted by Crippen LogP contribution is -2.19. The van der Waals surface area contributed by atoms with Crippen LogP contribution < -0.4 is 30.4 Å². The maximum Gasteiger partial charge on any atom is 0.343 e. The first-order valence-corrected chi connectivity index (χ1v) is 21.0. The van der Waals surface area contributed by atoms with Crippen LogP contribution in [0.5, 0.6) is 23.0 Å². The summed E-state index contributed by atoms with van der Waals surface area (Å²) in [4.78, 5) is 51.0. The van der Waals surface area contributed by atoms with Crippen molar-refractivity contribution in [2.45, 2.75) is 71.5 Å². The summed E-state index contributed by atoms with van der Waals surface area (Å²) >= 11 is 0. The summed E-state index contributed by atoms with van der Waals surface area (Å²) in [5.41, 5.74) is 15.6. The number of nitrogens with two attached hydrogens (primary N) is 2. The average Bonchev–Trinajstić information content (AvgIpc) is 3.29. The number of hydrogen-bond donors (Lipinski definition) is 2. The molecule has 5 aromatic rings. The van der Waals surface area contributed by atoms with Crippen molar-refractivity contribution in [3.05, 3.63) is 155 Å². The van der Waals surface area contributed by atoms with Crippen molar-refractivity contribution in [1.82, 2.24) is 0 Å². The molecular weight excluding hydrogens is 801 g/mol. The normalized spacial score (nSPS) is 11.3. The largest absolute Gasteiger partial charge is 0.490 e. The third kappa shape index (κ3) is 15.0. The van der Waals surface area contributed by atoms with E-state index in [2.05, 4.69) is 27.7 Å². The van der Waals surface area contributed by atoms with Gasteiger partial charge in [0.1, 0.15) is 36.2 Å². The minimum Gasteiger partial charge on any atom is -0.490 e. The van der Waals surface area contributed by atoms with Crippen molar-refractivity contribution < 1.29 is 47.6 Å². The second-order valence-electron chi connectivity index (χ2n) is 14.6. The first-order valence-electron chi connectivity index (χ1n) is 21.0. The third-order valence-electron chi connectivity index (χ3n) is 9.94. The second kappa shape index (κ2) is 23.6. The number of hydrogen-bond acceptors (Lipinski definition) is 12. The molecule has 0 saturated heterocycles. The molecule has 0 radical (unpaired) electrons. The smallest absolute Gasteiger partial charge is 0.343 e. The average molecular weight is 855 g/mol. The van der Waals surface area contributed by atoms with Crippen LogP contribution in [-0.2, 0) is 19.1 Å². The molecule has 0 bridgehead atoms. The fraction of sp³-hybridized carbons (Fsp3) is 0.255. The van der Waals surface area contributed by atoms with Crippen molar-refractivity contribution >= 4 is 47.4 Å². The first-order chi connectivity index (χ1) is 30.4. The molecule has 0 aliphatic rings. The van der Waals surface area contributed by atoms with Crippen LogP contribution in [0.15, 0.2) is 127 Å². The number of rotatable bonds is 21. The highest BCUT2D eigenvalue weighted by atomic mass is 16.6. The van der Waals surface area contributed by atoms with Gasteiger partial charge >= 0.3 is 23.9 Å². The van der Waals surface area contributed by atoms with Crippen LogP contribution in [0.1, 0.15) is 96.7 Å². The summed E-state index contributed by atoms with van der Waals surface area (Å²) in [7, 11) is 0. The van der Waals surface area contributed by atoms with E-state index in [9.17, 15) is 19.2 Å². The predicted molar refractivity (Wildman–Crippen MR) is 244 cm³/mol. The standard InChI is InChI=1S/C51H54N2O10/c1-5-42(6-2)60-44-23-15-36(16-24-44)50(56)62-46-19-9-34(10-20-46)13-27-48(54)58-32-39(38-29-40(52)31-41(53)30-38)33-59-49(55)28-14-35-11-21-47(22-12-35)63-51(57)37-17-25-45(26-18-37)61-43(7-3)8-4/h9-31,39,42-43H,5-8,32-33,52-53H2,1-4H3/b27-13+,28-14+. The van der Waals surface area contributed by atoms with Crippen molar-refractivity contribution in [3.8, 4) is 23.0 Å². The van der Waals surface area contributed by atoms with E-state index >= 15 is 0 Å². The Morgan fingerprint density at radius 3 is 1.19 bits per heavy atom. The van der Waals surface area contributed by atoms with E-state index in [1.165, 1.54) is 12.2 Å². The SMILES string of the molecule is CCC(CC)Oc1ccc(C(=O)Oc2ccc(/C=C/C(=O)OCC(COC(=O)/C=C/c3ccc(OC(=O)c4ccc(OC(CC)CC)cc4)cc3)c3cc(N)cc(N)c3)cc2)cc1. The third-order valence-corrected chi connectivity index (χ3v) is 9.94. The molecule has 0 unspecified atom stereocenters. The first kappa shape index (κ1) is 46.7. The predicted octanol–water partition coefficient (Wildman–Crippen LogP) is 10.0. The van der Waals surface area contributed by atoms with Crippen LogP contribution in [0.25, 0.3) is 12.2 Å². The minimum atomic E-state index is -0.635. The molecule has 0 aromatic heterocycles. The van der Waals surface area contributed by atoms with Crippen molar-refractivity contribution in [2.24, 2.45) is 0 Å². The Labute approximate surface area is 368 Å². The van der Waals surface area contributed by atoms with Crippen molar-refractivity contribution in [2.75, 3.05) is 24.7 Å². The quantitative estimate of drug-likeness (QED) is 0.0310. The zero-order valence-electron chi connectivity index (χ0n) is 36.0. The van der Waals surface area contributed by atoms with E-state index in [4.69, 9.17) is 39.9 Å². The van der Waals surface area contributed by atoms with Gasteiger partial charge in [-0.05, 0) is 146 Å². The Kier molecular flexibility index (Phi) is 17.5. The topological polar surface area (TPSA) is 176 Å². The number of benzene rings is 5. The van der Waals surface area contributed by atoms with Gasteiger partial charge in [-0.3, -0.25) is 0 Å². The lowest BCUT2D eigenvalue weighted by molar-refractivity contribution is -0.141. The van der Waals surface area contributed by atoms with Gasteiger partial charge in [0.2, 0.25) is 0 Å². The Morgan fingerprint density at radius 1 is 0.492 bits per heavy atom. The Bertz CT molecular complexity index is 2170. The lowest BCUT2D eigenvalue weighted by atomic mass is 9.99. The molecule has 0 saturated carbocycles. The van der Waals surface area contributed by atoms with E-state index in [-0.39, 0.29) is 25.4 Å². The molecule has 5 aromatic carbocycles. The molecule has 63 heavy (non-hydrogen) atoms. The van der Waals surface area contributed by atoms with Gasteiger partial charge in [-0.25, -0.2) is 19.2 Å². The highest BCUT2D eigenvalue weighted by Gasteiger charge is 2.18. The van der Waals surface area contributed by atoms with Gasteiger partial charge in [0.05, 0.1) is 29.3 Å². The molecule has 0 aliphatic carbocycles. The maximum absolute atomic E-state index is 12.8. The summed E-state index contributed by atoms with van der Waals surface area (Å²) in [6.07, 6.45) is 9.45. The van der Waals surface area contributed by atoms with Gasteiger partial charge in [0.15, 0.2) is 0 Å². The summed E-state index contributed by atoms with van der Waals surface area (Å²) < 4.78 is 33.9. The minimum absolute atomic E-state index is 0.117. The molecule has 0 amide bonds. The van der Waals surface area contributed by atoms with Gasteiger partial charge in [-0.2, -0.15) is 0 Å². The van der Waals surface area contributed by atoms with Crippen molar-refractivity contribution in [3.63, 3.8) is 0 Å². The number of carbonyl (C=O) groups is 4.